The van der Waals surface area contributed by atoms with Crippen molar-refractivity contribution in [1.82, 2.24) is 5.16 Å². The molecule has 2 heterocycles. The van der Waals surface area contributed by atoms with Gasteiger partial charge in [0.05, 0.1) is 6.61 Å². The van der Waals surface area contributed by atoms with Crippen LogP contribution in [0.3, 0.4) is 0 Å². The first-order valence-corrected chi connectivity index (χ1v) is 4.89. The maximum absolute atomic E-state index is 5.52. The average Bonchev–Trinajstić information content (AvgIpc) is 2.75. The van der Waals surface area contributed by atoms with E-state index in [9.17, 15) is 0 Å². The Balaban J connectivity index is 2.13. The van der Waals surface area contributed by atoms with Crippen molar-refractivity contribution in [3.05, 3.63) is 29.8 Å². The molecule has 82 valence electrons. The topological polar surface area (TPSA) is 70.5 Å². The van der Waals surface area contributed by atoms with Crippen LogP contribution in [0.4, 0.5) is 5.82 Å². The minimum Gasteiger partial charge on any atom is -0.467 e. The van der Waals surface area contributed by atoms with Crippen LogP contribution in [0.25, 0.3) is 11.3 Å². The molecule has 3 rings (SSSR count). The molecule has 0 unspecified atom stereocenters. The summed E-state index contributed by atoms with van der Waals surface area (Å²) in [4.78, 5) is 0. The van der Waals surface area contributed by atoms with E-state index in [1.165, 1.54) is 0 Å². The lowest BCUT2D eigenvalue weighted by atomic mass is 10.0. The van der Waals surface area contributed by atoms with Gasteiger partial charge in [0.2, 0.25) is 0 Å². The number of anilines is 1. The van der Waals surface area contributed by atoms with E-state index in [4.69, 9.17) is 19.7 Å². The monoisotopic (exact) mass is 218 g/mol. The molecule has 0 fully saturated rings. The zero-order valence-corrected chi connectivity index (χ0v) is 8.47. The first kappa shape index (κ1) is 9.23. The van der Waals surface area contributed by atoms with E-state index in [1.54, 1.807) is 6.07 Å². The smallest absolute Gasteiger partial charge is 0.189 e. The molecule has 1 aliphatic rings. The van der Waals surface area contributed by atoms with Crippen molar-refractivity contribution < 1.29 is 14.0 Å². The molecule has 0 atom stereocenters. The Hall–Kier alpha value is -2.01. The normalized spacial score (nSPS) is 14.2. The molecule has 2 aromatic rings. The molecule has 16 heavy (non-hydrogen) atoms. The van der Waals surface area contributed by atoms with Crippen molar-refractivity contribution in [1.29, 1.82) is 0 Å². The highest BCUT2D eigenvalue weighted by Gasteiger charge is 2.17. The Morgan fingerprint density at radius 1 is 1.31 bits per heavy atom. The van der Waals surface area contributed by atoms with Crippen LogP contribution in [-0.4, -0.2) is 11.9 Å². The van der Waals surface area contributed by atoms with E-state index in [-0.39, 0.29) is 6.79 Å². The van der Waals surface area contributed by atoms with Gasteiger partial charge in [-0.05, 0) is 6.07 Å². The number of rotatable bonds is 1. The molecule has 1 aliphatic heterocycles. The Kier molecular flexibility index (Phi) is 2.04. The highest BCUT2D eigenvalue weighted by Crippen LogP contribution is 2.33. The van der Waals surface area contributed by atoms with Gasteiger partial charge in [-0.3, -0.25) is 0 Å². The summed E-state index contributed by atoms with van der Waals surface area (Å²) in [5.41, 5.74) is 7.39. The molecule has 5 heteroatoms. The summed E-state index contributed by atoms with van der Waals surface area (Å²) in [5.74, 6) is 1.81. The van der Waals surface area contributed by atoms with Gasteiger partial charge in [-0.15, -0.1) is 0 Å². The van der Waals surface area contributed by atoms with Crippen LogP contribution >= 0.6 is 0 Å². The summed E-state index contributed by atoms with van der Waals surface area (Å²) in [6.07, 6.45) is 0. The Morgan fingerprint density at radius 3 is 3.06 bits per heavy atom. The van der Waals surface area contributed by atoms with Gasteiger partial charge >= 0.3 is 0 Å². The fourth-order valence-electron chi connectivity index (χ4n) is 1.75. The van der Waals surface area contributed by atoms with Crippen LogP contribution < -0.4 is 10.5 Å². The van der Waals surface area contributed by atoms with Crippen molar-refractivity contribution in [2.75, 3.05) is 12.5 Å². The van der Waals surface area contributed by atoms with Gasteiger partial charge in [-0.1, -0.05) is 17.3 Å². The van der Waals surface area contributed by atoms with Gasteiger partial charge in [0, 0.05) is 17.2 Å². The molecule has 2 N–H and O–H groups in total. The van der Waals surface area contributed by atoms with Crippen LogP contribution in [0.15, 0.2) is 28.8 Å². The second kappa shape index (κ2) is 3.53. The summed E-state index contributed by atoms with van der Waals surface area (Å²) in [6.45, 7) is 0.793. The van der Waals surface area contributed by atoms with E-state index in [1.807, 2.05) is 18.2 Å². The SMILES string of the molecule is Nc1cc(-c2cccc3c2COCO3)on1. The fraction of sp³-hybridized carbons (Fsp3) is 0.182. The second-order valence-corrected chi connectivity index (χ2v) is 3.51. The quantitative estimate of drug-likeness (QED) is 0.790. The van der Waals surface area contributed by atoms with Crippen LogP contribution in [0.2, 0.25) is 0 Å². The van der Waals surface area contributed by atoms with E-state index in [0.717, 1.165) is 16.9 Å². The van der Waals surface area contributed by atoms with Crippen LogP contribution in [0, 0.1) is 0 Å². The molecular formula is C11H10N2O3. The minimum absolute atomic E-state index is 0.287. The zero-order chi connectivity index (χ0) is 11.0. The van der Waals surface area contributed by atoms with Gasteiger partial charge in [0.1, 0.15) is 5.75 Å². The van der Waals surface area contributed by atoms with Gasteiger partial charge in [-0.25, -0.2) is 0 Å². The number of hydrogen-bond acceptors (Lipinski definition) is 5. The summed E-state index contributed by atoms with van der Waals surface area (Å²) < 4.78 is 15.8. The lowest BCUT2D eigenvalue weighted by molar-refractivity contribution is -0.0161. The maximum atomic E-state index is 5.52. The molecule has 0 bridgehead atoms. The number of benzene rings is 1. The second-order valence-electron chi connectivity index (χ2n) is 3.51. The lowest BCUT2D eigenvalue weighted by Gasteiger charge is -2.19. The third-order valence-electron chi connectivity index (χ3n) is 2.47. The first-order valence-electron chi connectivity index (χ1n) is 4.89. The summed E-state index contributed by atoms with van der Waals surface area (Å²) in [7, 11) is 0. The van der Waals surface area contributed by atoms with Crippen LogP contribution in [-0.2, 0) is 11.3 Å². The summed E-state index contributed by atoms with van der Waals surface area (Å²) in [6, 6.07) is 7.42. The van der Waals surface area contributed by atoms with Gasteiger partial charge in [0.25, 0.3) is 0 Å². The van der Waals surface area contributed by atoms with E-state index < -0.39 is 0 Å². The highest BCUT2D eigenvalue weighted by atomic mass is 16.7. The number of nitrogens with two attached hydrogens (primary N) is 1. The van der Waals surface area contributed by atoms with Gasteiger partial charge < -0.3 is 19.7 Å². The molecule has 0 spiro atoms. The fourth-order valence-corrected chi connectivity index (χ4v) is 1.75. The van der Waals surface area contributed by atoms with E-state index >= 15 is 0 Å². The molecule has 0 saturated carbocycles. The van der Waals surface area contributed by atoms with Crippen molar-refractivity contribution in [3.63, 3.8) is 0 Å². The predicted molar refractivity (Wildman–Crippen MR) is 56.6 cm³/mol. The predicted octanol–water partition coefficient (Wildman–Crippen LogP) is 1.79. The molecule has 0 saturated heterocycles. The Bertz CT molecular complexity index is 522. The number of hydrogen-bond donors (Lipinski definition) is 1. The molecule has 5 nitrogen and oxygen atoms in total. The Labute approximate surface area is 91.7 Å². The van der Waals surface area contributed by atoms with E-state index in [0.29, 0.717) is 18.2 Å². The zero-order valence-electron chi connectivity index (χ0n) is 8.47. The maximum Gasteiger partial charge on any atom is 0.189 e. The number of aromatic nitrogens is 1. The third-order valence-corrected chi connectivity index (χ3v) is 2.47. The lowest BCUT2D eigenvalue weighted by Crippen LogP contribution is -2.11. The standard InChI is InChI=1S/C11H10N2O3/c12-11-4-10(16-13-11)7-2-1-3-9-8(7)5-14-6-15-9/h1-4H,5-6H2,(H2,12,13). The summed E-state index contributed by atoms with van der Waals surface area (Å²) >= 11 is 0. The van der Waals surface area contributed by atoms with Crippen molar-refractivity contribution in [2.45, 2.75) is 6.61 Å². The van der Waals surface area contributed by atoms with Crippen molar-refractivity contribution in [2.24, 2.45) is 0 Å². The van der Waals surface area contributed by atoms with E-state index in [2.05, 4.69) is 5.16 Å². The molecule has 0 aliphatic carbocycles. The van der Waals surface area contributed by atoms with Crippen molar-refractivity contribution >= 4 is 5.82 Å². The number of fused-ring (bicyclic) bond motifs is 1. The molecule has 0 radical (unpaired) electrons. The molecular weight excluding hydrogens is 208 g/mol. The van der Waals surface area contributed by atoms with Crippen LogP contribution in [0.1, 0.15) is 5.56 Å². The van der Waals surface area contributed by atoms with Gasteiger partial charge in [0.15, 0.2) is 18.4 Å². The molecule has 0 amide bonds. The Morgan fingerprint density at radius 2 is 2.25 bits per heavy atom. The first-order chi connectivity index (χ1) is 7.84. The highest BCUT2D eigenvalue weighted by molar-refractivity contribution is 5.67. The number of nitrogen functional groups attached to an aromatic ring is 1. The molecule has 1 aromatic heterocycles. The van der Waals surface area contributed by atoms with Gasteiger partial charge in [-0.2, -0.15) is 0 Å². The molecule has 1 aromatic carbocycles. The number of nitrogens with zero attached hydrogens (tertiary/aromatic N) is 1. The third kappa shape index (κ3) is 1.42. The summed E-state index contributed by atoms with van der Waals surface area (Å²) in [5, 5.41) is 3.66. The number of ether oxygens (including phenoxy) is 2. The van der Waals surface area contributed by atoms with Crippen molar-refractivity contribution in [3.8, 4) is 17.1 Å². The minimum atomic E-state index is 0.287. The largest absolute Gasteiger partial charge is 0.467 e. The van der Waals surface area contributed by atoms with Crippen LogP contribution in [0.5, 0.6) is 5.75 Å². The average molecular weight is 218 g/mol.